The maximum Gasteiger partial charge on any atom is 0.346 e. The molecule has 0 saturated heterocycles. The topological polar surface area (TPSA) is 56.5 Å². The molecule has 2 aromatic carbocycles. The molecule has 0 amide bonds. The number of allylic oxidation sites excluding steroid dienone is 1. The van der Waals surface area contributed by atoms with E-state index in [1.54, 1.807) is 12.1 Å². The highest BCUT2D eigenvalue weighted by Gasteiger charge is 2.28. The van der Waals surface area contributed by atoms with Crippen molar-refractivity contribution in [2.75, 3.05) is 0 Å². The average molecular weight is 545 g/mol. The summed E-state index contributed by atoms with van der Waals surface area (Å²) in [7, 11) is 0. The van der Waals surface area contributed by atoms with Gasteiger partial charge in [0.2, 0.25) is 0 Å². The standard InChI is InChI=1S/C35H41FO4/c1-3-5-24-10-17-28(18-11-24)34(37)40-31-21-19-29-22-30(39-35(38)32(29)33(31)36)20-12-25-8-15-27(16-9-25)26-13-6-23(4-2)7-14-26/h4,8-9,15-16,19,21-24,26,28H,2-3,5-7,10-14,17-18,20H2,1H3. The van der Waals surface area contributed by atoms with Crippen molar-refractivity contribution < 1.29 is 18.3 Å². The van der Waals surface area contributed by atoms with Crippen LogP contribution in [0.5, 0.6) is 5.75 Å². The second-order valence-electron chi connectivity index (χ2n) is 11.9. The van der Waals surface area contributed by atoms with Gasteiger partial charge in [0.25, 0.3) is 0 Å². The van der Waals surface area contributed by atoms with Crippen LogP contribution in [0.4, 0.5) is 4.39 Å². The molecule has 4 nitrogen and oxygen atoms in total. The van der Waals surface area contributed by atoms with Gasteiger partial charge in [-0.25, -0.2) is 9.18 Å². The number of carbonyl (C=O) groups excluding carboxylic acids is 1. The van der Waals surface area contributed by atoms with Crippen molar-refractivity contribution in [3.05, 3.63) is 88.2 Å². The van der Waals surface area contributed by atoms with Crippen molar-refractivity contribution in [3.63, 3.8) is 0 Å². The Kier molecular flexibility index (Phi) is 9.18. The predicted octanol–water partition coefficient (Wildman–Crippen LogP) is 8.69. The molecule has 2 saturated carbocycles. The number of hydrogen-bond donors (Lipinski definition) is 0. The molecule has 0 spiro atoms. The number of fused-ring (bicyclic) bond motifs is 1. The normalized spacial score (nSPS) is 23.1. The molecule has 40 heavy (non-hydrogen) atoms. The first-order valence-electron chi connectivity index (χ1n) is 15.1. The molecule has 5 heteroatoms. The molecule has 0 aliphatic heterocycles. The molecule has 5 rings (SSSR count). The third-order valence-corrected chi connectivity index (χ3v) is 9.19. The van der Waals surface area contributed by atoms with Crippen LogP contribution in [-0.4, -0.2) is 5.97 Å². The summed E-state index contributed by atoms with van der Waals surface area (Å²) in [6.07, 6.45) is 14.0. The summed E-state index contributed by atoms with van der Waals surface area (Å²) in [6, 6.07) is 13.6. The quantitative estimate of drug-likeness (QED) is 0.154. The Balaban J connectivity index is 1.20. The van der Waals surface area contributed by atoms with Gasteiger partial charge in [-0.1, -0.05) is 56.2 Å². The second-order valence-corrected chi connectivity index (χ2v) is 11.9. The molecule has 2 fully saturated rings. The number of rotatable bonds is 9. The molecule has 3 aromatic rings. The number of aryl methyl sites for hydroxylation is 2. The number of ether oxygens (including phenoxy) is 1. The number of benzene rings is 2. The van der Waals surface area contributed by atoms with Crippen LogP contribution in [-0.2, 0) is 17.6 Å². The van der Waals surface area contributed by atoms with Crippen LogP contribution in [0.3, 0.4) is 0 Å². The zero-order valence-corrected chi connectivity index (χ0v) is 23.6. The van der Waals surface area contributed by atoms with Crippen molar-refractivity contribution in [2.24, 2.45) is 17.8 Å². The van der Waals surface area contributed by atoms with Gasteiger partial charge in [-0.05, 0) is 104 Å². The molecule has 0 N–H and O–H groups in total. The fourth-order valence-electron chi connectivity index (χ4n) is 6.67. The summed E-state index contributed by atoms with van der Waals surface area (Å²) in [4.78, 5) is 25.5. The van der Waals surface area contributed by atoms with Crippen LogP contribution in [0.1, 0.15) is 93.9 Å². The summed E-state index contributed by atoms with van der Waals surface area (Å²) >= 11 is 0. The first kappa shape index (κ1) is 28.3. The van der Waals surface area contributed by atoms with E-state index in [9.17, 15) is 9.59 Å². The molecule has 1 heterocycles. The van der Waals surface area contributed by atoms with E-state index >= 15 is 4.39 Å². The van der Waals surface area contributed by atoms with Crippen LogP contribution >= 0.6 is 0 Å². The van der Waals surface area contributed by atoms with Crippen molar-refractivity contribution in [1.82, 2.24) is 0 Å². The molecule has 0 radical (unpaired) electrons. The van der Waals surface area contributed by atoms with Crippen LogP contribution in [0.2, 0.25) is 0 Å². The van der Waals surface area contributed by atoms with Crippen LogP contribution in [0, 0.1) is 23.6 Å². The first-order valence-corrected chi connectivity index (χ1v) is 15.1. The molecule has 0 atom stereocenters. The molecule has 2 aliphatic carbocycles. The Morgan fingerprint density at radius 2 is 1.73 bits per heavy atom. The van der Waals surface area contributed by atoms with E-state index in [2.05, 4.69) is 43.8 Å². The number of carbonyl (C=O) groups is 1. The average Bonchev–Trinajstić information content (AvgIpc) is 2.98. The Morgan fingerprint density at radius 3 is 2.40 bits per heavy atom. The maximum atomic E-state index is 15.3. The van der Waals surface area contributed by atoms with Crippen molar-refractivity contribution in [1.29, 1.82) is 0 Å². The van der Waals surface area contributed by atoms with E-state index in [1.165, 1.54) is 49.3 Å². The number of hydrogen-bond acceptors (Lipinski definition) is 4. The van der Waals surface area contributed by atoms with Crippen molar-refractivity contribution >= 4 is 16.7 Å². The Labute approximate surface area is 236 Å². The smallest absolute Gasteiger partial charge is 0.346 e. The lowest BCUT2D eigenvalue weighted by atomic mass is 9.78. The molecule has 0 bridgehead atoms. The fourth-order valence-corrected chi connectivity index (χ4v) is 6.67. The van der Waals surface area contributed by atoms with Crippen LogP contribution in [0.25, 0.3) is 10.8 Å². The van der Waals surface area contributed by atoms with Gasteiger partial charge in [0, 0.05) is 6.42 Å². The lowest BCUT2D eigenvalue weighted by Crippen LogP contribution is -2.26. The molecule has 0 unspecified atom stereocenters. The van der Waals surface area contributed by atoms with Gasteiger partial charge in [-0.3, -0.25) is 4.79 Å². The highest BCUT2D eigenvalue weighted by atomic mass is 19.1. The highest BCUT2D eigenvalue weighted by Crippen LogP contribution is 2.36. The molecular weight excluding hydrogens is 503 g/mol. The minimum atomic E-state index is -0.830. The van der Waals surface area contributed by atoms with Gasteiger partial charge in [0.15, 0.2) is 11.6 Å². The monoisotopic (exact) mass is 544 g/mol. The summed E-state index contributed by atoms with van der Waals surface area (Å²) in [5.41, 5.74) is 1.82. The van der Waals surface area contributed by atoms with Gasteiger partial charge < -0.3 is 9.15 Å². The summed E-state index contributed by atoms with van der Waals surface area (Å²) in [5, 5.41) is 0.283. The molecule has 2 aliphatic rings. The minimum absolute atomic E-state index is 0.170. The Bertz CT molecular complexity index is 1370. The number of halogens is 1. The van der Waals surface area contributed by atoms with E-state index in [4.69, 9.17) is 9.15 Å². The lowest BCUT2D eigenvalue weighted by Gasteiger charge is -2.27. The van der Waals surface area contributed by atoms with Gasteiger partial charge in [0.1, 0.15) is 11.1 Å². The summed E-state index contributed by atoms with van der Waals surface area (Å²) in [6.45, 7) is 6.12. The van der Waals surface area contributed by atoms with E-state index in [1.807, 2.05) is 0 Å². The van der Waals surface area contributed by atoms with Gasteiger partial charge >= 0.3 is 11.6 Å². The SMILES string of the molecule is C=CC1CCC(c2ccc(CCc3cc4ccc(OC(=O)C5CCC(CCC)CC5)c(F)c4c(=O)o3)cc2)CC1. The van der Waals surface area contributed by atoms with E-state index in [-0.39, 0.29) is 17.1 Å². The zero-order valence-electron chi connectivity index (χ0n) is 23.6. The minimum Gasteiger partial charge on any atom is -0.427 e. The largest absolute Gasteiger partial charge is 0.427 e. The molecule has 1 aromatic heterocycles. The maximum absolute atomic E-state index is 15.3. The van der Waals surface area contributed by atoms with Crippen molar-refractivity contribution in [2.45, 2.75) is 89.9 Å². The van der Waals surface area contributed by atoms with Gasteiger partial charge in [-0.2, -0.15) is 0 Å². The summed E-state index contributed by atoms with van der Waals surface area (Å²) < 4.78 is 26.2. The second kappa shape index (κ2) is 13.0. The van der Waals surface area contributed by atoms with E-state index in [0.29, 0.717) is 35.3 Å². The van der Waals surface area contributed by atoms with Gasteiger partial charge in [-0.15, -0.1) is 6.58 Å². The third-order valence-electron chi connectivity index (χ3n) is 9.19. The van der Waals surface area contributed by atoms with Gasteiger partial charge in [0.05, 0.1) is 5.92 Å². The van der Waals surface area contributed by atoms with E-state index in [0.717, 1.165) is 38.5 Å². The Morgan fingerprint density at radius 1 is 1.00 bits per heavy atom. The Hall–Kier alpha value is -3.21. The van der Waals surface area contributed by atoms with Crippen molar-refractivity contribution in [3.8, 4) is 5.75 Å². The lowest BCUT2D eigenvalue weighted by molar-refractivity contribution is -0.140. The summed E-state index contributed by atoms with van der Waals surface area (Å²) in [5.74, 6) is 0.781. The number of esters is 1. The predicted molar refractivity (Wildman–Crippen MR) is 157 cm³/mol. The molecular formula is C35H41FO4. The zero-order chi connectivity index (χ0) is 28.1. The highest BCUT2D eigenvalue weighted by molar-refractivity contribution is 5.85. The first-order chi connectivity index (χ1) is 19.4. The van der Waals surface area contributed by atoms with E-state index < -0.39 is 17.4 Å². The van der Waals surface area contributed by atoms with Crippen LogP contribution < -0.4 is 10.4 Å². The van der Waals surface area contributed by atoms with Crippen LogP contribution in [0.15, 0.2) is 64.3 Å². The fraction of sp³-hybridized carbons (Fsp3) is 0.486. The third kappa shape index (κ3) is 6.56. The molecule has 212 valence electrons.